The van der Waals surface area contributed by atoms with E-state index in [0.717, 1.165) is 12.4 Å². The van der Waals surface area contributed by atoms with Gasteiger partial charge in [0.2, 0.25) is 0 Å². The van der Waals surface area contributed by atoms with Crippen LogP contribution in [0.2, 0.25) is 0 Å². The van der Waals surface area contributed by atoms with Crippen LogP contribution < -0.4 is 5.14 Å². The second-order valence-corrected chi connectivity index (χ2v) is 2.93. The summed E-state index contributed by atoms with van der Waals surface area (Å²) in [5, 5.41) is 4.59. The maximum absolute atomic E-state index is 12.6. The first-order valence-corrected chi connectivity index (χ1v) is 4.26. The van der Waals surface area contributed by atoms with Crippen LogP contribution in [0.25, 0.3) is 0 Å². The van der Waals surface area contributed by atoms with Gasteiger partial charge < -0.3 is 4.55 Å². The lowest BCUT2D eigenvalue weighted by atomic mass is 10.4. The third kappa shape index (κ3) is 2.31. The molecule has 5 nitrogen and oxygen atoms in total. The molecular formula is C5H5F2N3O2S. The minimum absolute atomic E-state index is 0.340. The average molecular weight is 209 g/mol. The van der Waals surface area contributed by atoms with Gasteiger partial charge in [0.05, 0.1) is 17.6 Å². The van der Waals surface area contributed by atoms with Gasteiger partial charge in [-0.15, -0.1) is 10.1 Å². The number of aromatic nitrogens is 2. The highest BCUT2D eigenvalue weighted by Gasteiger charge is 2.25. The molecule has 0 spiro atoms. The molecule has 0 aromatic carbocycles. The van der Waals surface area contributed by atoms with E-state index in [2.05, 4.69) is 14.9 Å². The van der Waals surface area contributed by atoms with Gasteiger partial charge in [-0.25, -0.2) is 14.4 Å². The predicted molar refractivity (Wildman–Crippen MR) is 38.7 cm³/mol. The molecule has 1 aromatic heterocycles. The molecule has 1 aromatic rings. The van der Waals surface area contributed by atoms with Gasteiger partial charge >= 0.3 is 0 Å². The molecule has 2 N–H and O–H groups in total. The molecule has 2 unspecified atom stereocenters. The van der Waals surface area contributed by atoms with Crippen molar-refractivity contribution in [1.29, 1.82) is 0 Å². The molecule has 0 fully saturated rings. The Morgan fingerprint density at radius 2 is 2.15 bits per heavy atom. The van der Waals surface area contributed by atoms with Crippen molar-refractivity contribution in [3.05, 3.63) is 18.1 Å². The summed E-state index contributed by atoms with van der Waals surface area (Å²) in [7, 11) is 0. The highest BCUT2D eigenvalue weighted by atomic mass is 32.2. The van der Waals surface area contributed by atoms with E-state index in [-0.39, 0.29) is 5.03 Å². The third-order valence-corrected chi connectivity index (χ3v) is 1.87. The highest BCUT2D eigenvalue weighted by molar-refractivity contribution is 7.89. The van der Waals surface area contributed by atoms with E-state index in [1.54, 1.807) is 0 Å². The summed E-state index contributed by atoms with van der Waals surface area (Å²) in [4.78, 5) is 9.74. The summed E-state index contributed by atoms with van der Waals surface area (Å²) < 4.78 is 34.8. The zero-order valence-corrected chi connectivity index (χ0v) is 7.00. The van der Waals surface area contributed by atoms with Gasteiger partial charge in [-0.1, -0.05) is 0 Å². The summed E-state index contributed by atoms with van der Waals surface area (Å²) in [6, 6.07) is 0. The lowest BCUT2D eigenvalue weighted by Gasteiger charge is -2.06. The smallest absolute Gasteiger partial charge is 0.293 e. The van der Waals surface area contributed by atoms with Gasteiger partial charge in [-0.05, 0) is 4.53 Å². The molecule has 2 atom stereocenters. The van der Waals surface area contributed by atoms with Crippen LogP contribution in [-0.4, -0.2) is 14.5 Å². The molecule has 0 radical (unpaired) electrons. The quantitative estimate of drug-likeness (QED) is 0.725. The third-order valence-electron chi connectivity index (χ3n) is 1.17. The van der Waals surface area contributed by atoms with E-state index >= 15 is 0 Å². The van der Waals surface area contributed by atoms with Crippen molar-refractivity contribution in [3.63, 3.8) is 0 Å². The number of nitrogens with two attached hydrogens (primary N) is 1. The minimum Gasteiger partial charge on any atom is -0.592 e. The number of rotatable bonds is 3. The number of nitrogens with zero attached hydrogens (tertiary/aromatic N) is 2. The van der Waals surface area contributed by atoms with Gasteiger partial charge in [0, 0.05) is 6.20 Å². The van der Waals surface area contributed by atoms with Crippen LogP contribution >= 0.6 is 0 Å². The molecule has 0 saturated carbocycles. The Hall–Kier alpha value is -0.830. The molecule has 1 heterocycles. The number of alkyl halides is 1. The first-order chi connectivity index (χ1) is 6.16. The Balaban J connectivity index is 3.04. The molecule has 0 bridgehead atoms. The monoisotopic (exact) mass is 209 g/mol. The van der Waals surface area contributed by atoms with Crippen molar-refractivity contribution >= 4 is 11.4 Å². The first-order valence-electron chi connectivity index (χ1n) is 3.05. The van der Waals surface area contributed by atoms with Crippen LogP contribution in [0.15, 0.2) is 17.4 Å². The summed E-state index contributed by atoms with van der Waals surface area (Å²) >= 11 is -2.02. The Morgan fingerprint density at radius 3 is 2.69 bits per heavy atom. The Kier molecular flexibility index (Phi) is 3.48. The zero-order chi connectivity index (χ0) is 9.84. The van der Waals surface area contributed by atoms with Gasteiger partial charge in [0.1, 0.15) is 0 Å². The molecule has 0 saturated heterocycles. The maximum Gasteiger partial charge on any atom is 0.293 e. The predicted octanol–water partition coefficient (Wildman–Crippen LogP) is 0.327. The molecule has 72 valence electrons. The lowest BCUT2D eigenvalue weighted by Crippen LogP contribution is -2.18. The second-order valence-electron chi connectivity index (χ2n) is 1.95. The SMILES string of the molecule is N[S+]([O-])c1nccnc1C(F)OF. The van der Waals surface area contributed by atoms with E-state index in [4.69, 9.17) is 5.14 Å². The maximum atomic E-state index is 12.6. The van der Waals surface area contributed by atoms with Gasteiger partial charge in [0.15, 0.2) is 5.69 Å². The van der Waals surface area contributed by atoms with Crippen LogP contribution in [0, 0.1) is 0 Å². The van der Waals surface area contributed by atoms with Gasteiger partial charge in [0.25, 0.3) is 11.4 Å². The summed E-state index contributed by atoms with van der Waals surface area (Å²) in [5.74, 6) is 0. The van der Waals surface area contributed by atoms with E-state index in [1.807, 2.05) is 0 Å². The fourth-order valence-corrected chi connectivity index (χ4v) is 1.21. The fraction of sp³-hybridized carbons (Fsp3) is 0.200. The topological polar surface area (TPSA) is 84.1 Å². The Bertz CT molecular complexity index is 288. The van der Waals surface area contributed by atoms with Crippen molar-refractivity contribution in [2.24, 2.45) is 5.14 Å². The number of hydrogen-bond acceptors (Lipinski definition) is 5. The molecule has 0 amide bonds. The molecule has 0 aliphatic heterocycles. The number of hydrogen-bond donors (Lipinski definition) is 1. The van der Waals surface area contributed by atoms with Crippen molar-refractivity contribution in [2.75, 3.05) is 0 Å². The molecule has 0 aliphatic rings. The van der Waals surface area contributed by atoms with Crippen molar-refractivity contribution < 1.29 is 18.4 Å². The average Bonchev–Trinajstić information content (AvgIpc) is 2.16. The van der Waals surface area contributed by atoms with Crippen LogP contribution in [0.3, 0.4) is 0 Å². The Labute approximate surface area is 75.2 Å². The summed E-state index contributed by atoms with van der Waals surface area (Å²) in [6.07, 6.45) is -0.151. The fourth-order valence-electron chi connectivity index (χ4n) is 0.689. The van der Waals surface area contributed by atoms with Crippen molar-refractivity contribution in [1.82, 2.24) is 9.97 Å². The second kappa shape index (κ2) is 4.42. The van der Waals surface area contributed by atoms with Gasteiger partial charge in [-0.3, -0.25) is 0 Å². The standard InChI is InChI=1S/C5H5F2N3O2S/c6-4(12-7)3-5(13(8)11)10-2-1-9-3/h1-2,4H,8H2. The van der Waals surface area contributed by atoms with Crippen LogP contribution in [0.4, 0.5) is 8.92 Å². The Morgan fingerprint density at radius 1 is 1.54 bits per heavy atom. The molecule has 8 heteroatoms. The van der Waals surface area contributed by atoms with Crippen LogP contribution in [0.1, 0.15) is 12.1 Å². The zero-order valence-electron chi connectivity index (χ0n) is 6.18. The van der Waals surface area contributed by atoms with E-state index in [9.17, 15) is 13.5 Å². The molecule has 0 aliphatic carbocycles. The van der Waals surface area contributed by atoms with Crippen molar-refractivity contribution in [3.8, 4) is 0 Å². The lowest BCUT2D eigenvalue weighted by molar-refractivity contribution is -0.231. The summed E-state index contributed by atoms with van der Waals surface area (Å²) in [5.41, 5.74) is -0.522. The van der Waals surface area contributed by atoms with E-state index in [1.165, 1.54) is 0 Å². The first kappa shape index (κ1) is 10.3. The molecule has 13 heavy (non-hydrogen) atoms. The van der Waals surface area contributed by atoms with Crippen LogP contribution in [-0.2, 0) is 16.3 Å². The molecular weight excluding hydrogens is 204 g/mol. The van der Waals surface area contributed by atoms with Gasteiger partial charge in [-0.2, -0.15) is 0 Å². The van der Waals surface area contributed by atoms with E-state index < -0.39 is 23.4 Å². The van der Waals surface area contributed by atoms with Crippen molar-refractivity contribution in [2.45, 2.75) is 11.4 Å². The normalized spacial score (nSPS) is 15.4. The number of halogens is 2. The van der Waals surface area contributed by atoms with E-state index in [0.29, 0.717) is 0 Å². The van der Waals surface area contributed by atoms with Crippen LogP contribution in [0.5, 0.6) is 0 Å². The largest absolute Gasteiger partial charge is 0.592 e. The minimum atomic E-state index is -2.42. The summed E-state index contributed by atoms with van der Waals surface area (Å²) in [6.45, 7) is 0. The molecule has 1 rings (SSSR count). The highest BCUT2D eigenvalue weighted by Crippen LogP contribution is 2.21.